The van der Waals surface area contributed by atoms with Crippen molar-refractivity contribution in [2.24, 2.45) is 4.99 Å². The molecule has 0 rings (SSSR count). The van der Waals surface area contributed by atoms with Gasteiger partial charge in [-0.05, 0) is 27.1 Å². The van der Waals surface area contributed by atoms with Gasteiger partial charge in [-0.25, -0.2) is 0 Å². The van der Waals surface area contributed by atoms with Crippen LogP contribution in [0.4, 0.5) is 0 Å². The zero-order valence-electron chi connectivity index (χ0n) is 7.09. The average Bonchev–Trinajstić information content (AvgIpc) is 1.91. The molecule has 0 saturated carbocycles. The van der Waals surface area contributed by atoms with E-state index in [0.29, 0.717) is 0 Å². The van der Waals surface area contributed by atoms with E-state index < -0.39 is 0 Å². The van der Waals surface area contributed by atoms with Gasteiger partial charge in [0.1, 0.15) is 0 Å². The third-order valence-electron chi connectivity index (χ3n) is 0.609. The standard InChI is InChI=1S/C6H10N.C2H7N/c1-3-5-6-7-4-2;1-3-2/h2,4,6H,3,5H2,1H3;3H,1-2H3. The molecule has 2 heteroatoms. The van der Waals surface area contributed by atoms with E-state index in [2.05, 4.69) is 17.2 Å². The van der Waals surface area contributed by atoms with Crippen molar-refractivity contribution in [3.05, 3.63) is 12.8 Å². The lowest BCUT2D eigenvalue weighted by Gasteiger charge is -1.76. The molecule has 0 heterocycles. The molecule has 0 fully saturated rings. The van der Waals surface area contributed by atoms with E-state index in [1.54, 1.807) is 6.21 Å². The van der Waals surface area contributed by atoms with E-state index in [1.807, 2.05) is 14.1 Å². The molecular formula is C8H17N2. The predicted octanol–water partition coefficient (Wildman–Crippen LogP) is 1.64. The Morgan fingerprint density at radius 1 is 1.50 bits per heavy atom. The SMILES string of the molecule is CNC.[CH]=CN=CCCC. The quantitative estimate of drug-likeness (QED) is 0.594. The summed E-state index contributed by atoms with van der Waals surface area (Å²) in [5.41, 5.74) is 0. The Morgan fingerprint density at radius 2 is 2.00 bits per heavy atom. The van der Waals surface area contributed by atoms with Crippen molar-refractivity contribution in [1.29, 1.82) is 0 Å². The molecule has 0 spiro atoms. The summed E-state index contributed by atoms with van der Waals surface area (Å²) < 4.78 is 0. The highest BCUT2D eigenvalue weighted by molar-refractivity contribution is 5.57. The summed E-state index contributed by atoms with van der Waals surface area (Å²) in [6.07, 6.45) is 5.26. The number of rotatable bonds is 3. The van der Waals surface area contributed by atoms with E-state index in [1.165, 1.54) is 6.20 Å². The lowest BCUT2D eigenvalue weighted by Crippen LogP contribution is -1.89. The van der Waals surface area contributed by atoms with Crippen LogP contribution >= 0.6 is 0 Å². The topological polar surface area (TPSA) is 24.4 Å². The number of nitrogens with zero attached hydrogens (tertiary/aromatic N) is 1. The first-order valence-corrected chi connectivity index (χ1v) is 3.47. The number of aliphatic imine (C=N–C) groups is 1. The molecule has 0 atom stereocenters. The second kappa shape index (κ2) is 15.8. The van der Waals surface area contributed by atoms with Crippen molar-refractivity contribution in [3.63, 3.8) is 0 Å². The molecule has 0 saturated heterocycles. The van der Waals surface area contributed by atoms with Crippen molar-refractivity contribution in [1.82, 2.24) is 5.32 Å². The third kappa shape index (κ3) is 26.3. The highest BCUT2D eigenvalue weighted by Gasteiger charge is 1.67. The normalized spacial score (nSPS) is 8.70. The van der Waals surface area contributed by atoms with Gasteiger partial charge in [0.25, 0.3) is 0 Å². The van der Waals surface area contributed by atoms with Gasteiger partial charge < -0.3 is 5.32 Å². The lowest BCUT2D eigenvalue weighted by atomic mass is 10.4. The van der Waals surface area contributed by atoms with Crippen LogP contribution in [0.3, 0.4) is 0 Å². The summed E-state index contributed by atoms with van der Waals surface area (Å²) in [5, 5.41) is 2.75. The van der Waals surface area contributed by atoms with Gasteiger partial charge in [-0.2, -0.15) is 0 Å². The van der Waals surface area contributed by atoms with Crippen LogP contribution < -0.4 is 5.32 Å². The molecule has 0 aliphatic rings. The molecule has 0 aliphatic heterocycles. The molecule has 0 bridgehead atoms. The Balaban J connectivity index is 0. The number of nitrogens with one attached hydrogen (secondary N) is 1. The van der Waals surface area contributed by atoms with Gasteiger partial charge in [0.15, 0.2) is 0 Å². The van der Waals surface area contributed by atoms with Gasteiger partial charge in [0.2, 0.25) is 0 Å². The van der Waals surface area contributed by atoms with Crippen LogP contribution in [0.25, 0.3) is 0 Å². The second-order valence-electron chi connectivity index (χ2n) is 1.77. The summed E-state index contributed by atoms with van der Waals surface area (Å²) in [6, 6.07) is 0. The van der Waals surface area contributed by atoms with Crippen molar-refractivity contribution in [2.45, 2.75) is 19.8 Å². The van der Waals surface area contributed by atoms with Gasteiger partial charge in [-0.1, -0.05) is 13.3 Å². The molecule has 0 unspecified atom stereocenters. The molecule has 2 nitrogen and oxygen atoms in total. The maximum absolute atomic E-state index is 4.95. The van der Waals surface area contributed by atoms with E-state index in [-0.39, 0.29) is 0 Å². The van der Waals surface area contributed by atoms with Crippen LogP contribution in [0.1, 0.15) is 19.8 Å². The van der Waals surface area contributed by atoms with Crippen LogP contribution in [0.15, 0.2) is 11.2 Å². The van der Waals surface area contributed by atoms with Crippen LogP contribution in [0.5, 0.6) is 0 Å². The molecule has 10 heavy (non-hydrogen) atoms. The van der Waals surface area contributed by atoms with E-state index in [0.717, 1.165) is 12.8 Å². The van der Waals surface area contributed by atoms with Gasteiger partial charge in [0, 0.05) is 12.4 Å². The summed E-state index contributed by atoms with van der Waals surface area (Å²) in [6.45, 7) is 7.05. The van der Waals surface area contributed by atoms with Gasteiger partial charge in [0.05, 0.1) is 0 Å². The lowest BCUT2D eigenvalue weighted by molar-refractivity contribution is 1.01. The monoisotopic (exact) mass is 141 g/mol. The molecule has 0 aromatic heterocycles. The molecule has 1 N–H and O–H groups in total. The Kier molecular flexibility index (Phi) is 19.1. The highest BCUT2D eigenvalue weighted by Crippen LogP contribution is 1.79. The van der Waals surface area contributed by atoms with Crippen LogP contribution in [-0.2, 0) is 0 Å². The summed E-state index contributed by atoms with van der Waals surface area (Å²) in [5.74, 6) is 0. The fraction of sp³-hybridized carbons (Fsp3) is 0.625. The molecule has 0 amide bonds. The fourth-order valence-electron chi connectivity index (χ4n) is 0.264. The van der Waals surface area contributed by atoms with Crippen molar-refractivity contribution < 1.29 is 0 Å². The number of hydrogen-bond acceptors (Lipinski definition) is 2. The molecule has 0 aromatic rings. The Labute approximate surface area is 64.1 Å². The fourth-order valence-corrected chi connectivity index (χ4v) is 0.264. The zero-order valence-corrected chi connectivity index (χ0v) is 7.09. The summed E-state index contributed by atoms with van der Waals surface area (Å²) in [4.78, 5) is 3.69. The van der Waals surface area contributed by atoms with E-state index >= 15 is 0 Å². The number of hydrogen-bond donors (Lipinski definition) is 1. The summed E-state index contributed by atoms with van der Waals surface area (Å²) >= 11 is 0. The molecule has 59 valence electrons. The number of unbranched alkanes of at least 4 members (excludes halogenated alkanes) is 1. The Morgan fingerprint density at radius 3 is 2.30 bits per heavy atom. The molecular weight excluding hydrogens is 124 g/mol. The first kappa shape index (κ1) is 12.1. The first-order valence-electron chi connectivity index (χ1n) is 3.47. The van der Waals surface area contributed by atoms with Gasteiger partial charge in [-0.15, -0.1) is 0 Å². The summed E-state index contributed by atoms with van der Waals surface area (Å²) in [7, 11) is 3.75. The molecule has 0 aliphatic carbocycles. The van der Waals surface area contributed by atoms with E-state index in [9.17, 15) is 0 Å². The second-order valence-corrected chi connectivity index (χ2v) is 1.77. The molecule has 1 radical (unpaired) electrons. The van der Waals surface area contributed by atoms with Crippen molar-refractivity contribution in [2.75, 3.05) is 14.1 Å². The predicted molar refractivity (Wildman–Crippen MR) is 47.3 cm³/mol. The highest BCUT2D eigenvalue weighted by atomic mass is 14.7. The minimum absolute atomic E-state index is 1.02. The smallest absolute Gasteiger partial charge is 0.0264 e. The van der Waals surface area contributed by atoms with Crippen LogP contribution in [-0.4, -0.2) is 20.3 Å². The zero-order chi connectivity index (χ0) is 8.24. The van der Waals surface area contributed by atoms with Crippen LogP contribution in [0.2, 0.25) is 0 Å². The van der Waals surface area contributed by atoms with E-state index in [4.69, 9.17) is 6.58 Å². The minimum Gasteiger partial charge on any atom is -0.323 e. The van der Waals surface area contributed by atoms with Crippen molar-refractivity contribution in [3.8, 4) is 0 Å². The largest absolute Gasteiger partial charge is 0.323 e. The van der Waals surface area contributed by atoms with Gasteiger partial charge >= 0.3 is 0 Å². The van der Waals surface area contributed by atoms with Gasteiger partial charge in [-0.3, -0.25) is 4.99 Å². The average molecular weight is 141 g/mol. The first-order chi connectivity index (χ1) is 4.83. The Hall–Kier alpha value is -0.630. The van der Waals surface area contributed by atoms with Crippen LogP contribution in [0, 0.1) is 6.58 Å². The molecule has 0 aromatic carbocycles. The Bertz CT molecular complexity index is 77.3. The maximum Gasteiger partial charge on any atom is 0.0264 e. The van der Waals surface area contributed by atoms with Crippen molar-refractivity contribution >= 4 is 6.21 Å². The maximum atomic E-state index is 4.95. The minimum atomic E-state index is 1.02. The third-order valence-corrected chi connectivity index (χ3v) is 0.609.